The van der Waals surface area contributed by atoms with Crippen LogP contribution in [0.3, 0.4) is 0 Å². The molecule has 3 N–H and O–H groups in total. The van der Waals surface area contributed by atoms with Gasteiger partial charge >= 0.3 is 0 Å². The van der Waals surface area contributed by atoms with Gasteiger partial charge in [0.25, 0.3) is 0 Å². The number of nitrogen functional groups attached to an aromatic ring is 1. The average molecular weight is 263 g/mol. The molecule has 1 aromatic heterocycles. The number of aromatic nitrogens is 2. The summed E-state index contributed by atoms with van der Waals surface area (Å²) in [6, 6.07) is 5.08. The Hall–Kier alpha value is -2.24. The first kappa shape index (κ1) is 11.8. The molecule has 1 unspecified atom stereocenters. The van der Waals surface area contributed by atoms with Gasteiger partial charge < -0.3 is 15.2 Å². The summed E-state index contributed by atoms with van der Waals surface area (Å²) in [6.45, 7) is 2.41. The van der Waals surface area contributed by atoms with Gasteiger partial charge in [-0.15, -0.1) is 0 Å². The highest BCUT2D eigenvalue weighted by Crippen LogP contribution is 2.42. The maximum absolute atomic E-state index is 13.6. The maximum Gasteiger partial charge on any atom is 0.170 e. The maximum atomic E-state index is 13.6. The van der Waals surface area contributed by atoms with Crippen molar-refractivity contribution in [3.63, 3.8) is 0 Å². The van der Waals surface area contributed by atoms with Crippen molar-refractivity contribution in [2.75, 3.05) is 18.9 Å². The average Bonchev–Trinajstić information content (AvgIpc) is 2.84. The van der Waals surface area contributed by atoms with Crippen LogP contribution in [0.5, 0.6) is 11.5 Å². The molecule has 3 rings (SSSR count). The lowest BCUT2D eigenvalue weighted by molar-refractivity contribution is 0.172. The van der Waals surface area contributed by atoms with Crippen LogP contribution in [-0.2, 0) is 0 Å². The van der Waals surface area contributed by atoms with Crippen LogP contribution in [0.2, 0.25) is 0 Å². The van der Waals surface area contributed by atoms with Crippen LogP contribution >= 0.6 is 0 Å². The summed E-state index contributed by atoms with van der Waals surface area (Å²) < 4.78 is 24.7. The van der Waals surface area contributed by atoms with Crippen LogP contribution in [0.4, 0.5) is 10.2 Å². The molecule has 0 saturated heterocycles. The summed E-state index contributed by atoms with van der Waals surface area (Å²) in [7, 11) is 0. The van der Waals surface area contributed by atoms with Gasteiger partial charge in [-0.2, -0.15) is 5.10 Å². The Morgan fingerprint density at radius 3 is 2.79 bits per heavy atom. The van der Waals surface area contributed by atoms with Crippen molar-refractivity contribution in [3.8, 4) is 22.8 Å². The first-order valence-electron chi connectivity index (χ1n) is 6.04. The predicted octanol–water partition coefficient (Wildman–Crippen LogP) is 2.46. The zero-order chi connectivity index (χ0) is 13.4. The van der Waals surface area contributed by atoms with Crippen molar-refractivity contribution in [1.82, 2.24) is 10.2 Å². The van der Waals surface area contributed by atoms with Crippen LogP contribution in [0, 0.1) is 0 Å². The number of nitrogens with one attached hydrogen (secondary N) is 1. The second-order valence-electron chi connectivity index (χ2n) is 4.42. The Morgan fingerprint density at radius 2 is 2.11 bits per heavy atom. The highest BCUT2D eigenvalue weighted by atomic mass is 19.1. The first-order valence-corrected chi connectivity index (χ1v) is 6.04. The monoisotopic (exact) mass is 263 g/mol. The molecule has 0 spiro atoms. The molecule has 19 heavy (non-hydrogen) atoms. The summed E-state index contributed by atoms with van der Waals surface area (Å²) in [5, 5.41) is 6.68. The van der Waals surface area contributed by atoms with Gasteiger partial charge in [0.15, 0.2) is 11.5 Å². The fourth-order valence-corrected chi connectivity index (χ4v) is 2.08. The van der Waals surface area contributed by atoms with Gasteiger partial charge in [-0.1, -0.05) is 0 Å². The van der Waals surface area contributed by atoms with E-state index in [9.17, 15) is 4.39 Å². The second kappa shape index (κ2) is 4.46. The molecule has 0 saturated carbocycles. The normalized spacial score (nSPS) is 15.3. The SMILES string of the molecule is CC(F)c1cc2c(c(-c3cc(N)n[nH]3)c1)OCCO2. The fourth-order valence-electron chi connectivity index (χ4n) is 2.08. The number of anilines is 1. The molecule has 0 radical (unpaired) electrons. The van der Waals surface area contributed by atoms with E-state index in [1.807, 2.05) is 0 Å². The molecule has 1 aliphatic rings. The number of fused-ring (bicyclic) bond motifs is 1. The van der Waals surface area contributed by atoms with Gasteiger partial charge in [-0.05, 0) is 24.6 Å². The molecule has 2 heterocycles. The minimum Gasteiger partial charge on any atom is -0.486 e. The third-order valence-electron chi connectivity index (χ3n) is 3.01. The lowest BCUT2D eigenvalue weighted by Gasteiger charge is -2.22. The Labute approximate surface area is 109 Å². The van der Waals surface area contributed by atoms with Gasteiger partial charge in [-0.25, -0.2) is 4.39 Å². The van der Waals surface area contributed by atoms with Gasteiger partial charge in [0.05, 0.1) is 5.69 Å². The van der Waals surface area contributed by atoms with E-state index in [4.69, 9.17) is 15.2 Å². The topological polar surface area (TPSA) is 73.2 Å². The molecule has 2 aromatic rings. The van der Waals surface area contributed by atoms with Gasteiger partial charge in [0, 0.05) is 11.6 Å². The molecule has 1 aliphatic heterocycles. The van der Waals surface area contributed by atoms with Crippen LogP contribution < -0.4 is 15.2 Å². The van der Waals surface area contributed by atoms with E-state index in [0.717, 1.165) is 0 Å². The number of nitrogens with zero attached hydrogens (tertiary/aromatic N) is 1. The molecule has 1 atom stereocenters. The minimum absolute atomic E-state index is 0.374. The minimum atomic E-state index is -1.09. The van der Waals surface area contributed by atoms with Gasteiger partial charge in [-0.3, -0.25) is 5.10 Å². The van der Waals surface area contributed by atoms with E-state index in [-0.39, 0.29) is 0 Å². The summed E-state index contributed by atoms with van der Waals surface area (Å²) in [4.78, 5) is 0. The van der Waals surface area contributed by atoms with E-state index < -0.39 is 6.17 Å². The number of aromatic amines is 1. The lowest BCUT2D eigenvalue weighted by Crippen LogP contribution is -2.16. The number of alkyl halides is 1. The molecule has 0 fully saturated rings. The van der Waals surface area contributed by atoms with E-state index >= 15 is 0 Å². The molecular formula is C13H14FN3O2. The number of hydrogen-bond acceptors (Lipinski definition) is 4. The van der Waals surface area contributed by atoms with Gasteiger partial charge in [0.2, 0.25) is 0 Å². The smallest absolute Gasteiger partial charge is 0.170 e. The number of nitrogens with two attached hydrogens (primary N) is 1. The van der Waals surface area contributed by atoms with Crippen molar-refractivity contribution in [2.24, 2.45) is 0 Å². The predicted molar refractivity (Wildman–Crippen MR) is 68.9 cm³/mol. The van der Waals surface area contributed by atoms with Crippen LogP contribution in [-0.4, -0.2) is 23.4 Å². The fraction of sp³-hybridized carbons (Fsp3) is 0.308. The van der Waals surface area contributed by atoms with Crippen molar-refractivity contribution in [3.05, 3.63) is 23.8 Å². The molecule has 0 bridgehead atoms. The quantitative estimate of drug-likeness (QED) is 0.873. The number of halogens is 1. The van der Waals surface area contributed by atoms with Crippen LogP contribution in [0.15, 0.2) is 18.2 Å². The Balaban J connectivity index is 2.18. The standard InChI is InChI=1S/C13H14FN3O2/c1-7(14)8-4-9(10-6-12(15)17-16-10)13-11(5-8)18-2-3-19-13/h4-7H,2-3H2,1H3,(H3,15,16,17). The highest BCUT2D eigenvalue weighted by molar-refractivity contribution is 5.74. The largest absolute Gasteiger partial charge is 0.486 e. The Bertz CT molecular complexity index is 610. The summed E-state index contributed by atoms with van der Waals surface area (Å²) >= 11 is 0. The van der Waals surface area contributed by atoms with Crippen molar-refractivity contribution in [2.45, 2.75) is 13.1 Å². The zero-order valence-electron chi connectivity index (χ0n) is 10.4. The number of benzene rings is 1. The Morgan fingerprint density at radius 1 is 1.32 bits per heavy atom. The number of H-pyrrole nitrogens is 1. The summed E-state index contributed by atoms with van der Waals surface area (Å²) in [5.41, 5.74) is 7.53. The molecule has 6 heteroatoms. The second-order valence-corrected chi connectivity index (χ2v) is 4.42. The van der Waals surface area contributed by atoms with E-state index in [2.05, 4.69) is 10.2 Å². The molecule has 0 amide bonds. The van der Waals surface area contributed by atoms with Crippen molar-refractivity contribution in [1.29, 1.82) is 0 Å². The van der Waals surface area contributed by atoms with E-state index in [1.165, 1.54) is 6.92 Å². The number of hydrogen-bond donors (Lipinski definition) is 2. The summed E-state index contributed by atoms with van der Waals surface area (Å²) in [5.74, 6) is 1.52. The first-order chi connectivity index (χ1) is 9.15. The third-order valence-corrected chi connectivity index (χ3v) is 3.01. The van der Waals surface area contributed by atoms with E-state index in [1.54, 1.807) is 18.2 Å². The third kappa shape index (κ3) is 2.09. The number of rotatable bonds is 2. The van der Waals surface area contributed by atoms with E-state index in [0.29, 0.717) is 47.4 Å². The molecule has 0 aliphatic carbocycles. The molecule has 100 valence electrons. The zero-order valence-corrected chi connectivity index (χ0v) is 10.4. The molecule has 5 nitrogen and oxygen atoms in total. The number of ether oxygens (including phenoxy) is 2. The van der Waals surface area contributed by atoms with Crippen molar-refractivity contribution < 1.29 is 13.9 Å². The lowest BCUT2D eigenvalue weighted by atomic mass is 10.0. The van der Waals surface area contributed by atoms with Crippen molar-refractivity contribution >= 4 is 5.82 Å². The summed E-state index contributed by atoms with van der Waals surface area (Å²) in [6.07, 6.45) is -1.09. The highest BCUT2D eigenvalue weighted by Gasteiger charge is 2.21. The van der Waals surface area contributed by atoms with Crippen LogP contribution in [0.1, 0.15) is 18.7 Å². The van der Waals surface area contributed by atoms with Crippen LogP contribution in [0.25, 0.3) is 11.3 Å². The molecule has 1 aromatic carbocycles. The molecular weight excluding hydrogens is 249 g/mol. The van der Waals surface area contributed by atoms with Gasteiger partial charge in [0.1, 0.15) is 25.2 Å². The Kier molecular flexibility index (Phi) is 2.77.